The molecule has 1 aliphatic rings. The molecule has 0 saturated carbocycles. The highest BCUT2D eigenvalue weighted by atomic mass is 32.2. The van der Waals surface area contributed by atoms with Crippen LogP contribution in [0.5, 0.6) is 0 Å². The molecule has 1 saturated heterocycles. The number of aryl methyl sites for hydroxylation is 1. The second kappa shape index (κ2) is 7.77. The Morgan fingerprint density at radius 2 is 1.93 bits per heavy atom. The number of carbonyl (C=O) groups excluding carboxylic acids is 1. The standard InChI is InChI=1S/C18H24N4O4S/c1-12(2)11-16(18-20-19-13(3)26-18)21-27(24,25)15-8-6-14(7-9-15)22-10-4-5-17(22)23/h6-9,12,16,21H,4-5,10-11H2,1-3H3. The molecule has 27 heavy (non-hydrogen) atoms. The normalized spacial score (nSPS) is 16.3. The second-order valence-electron chi connectivity index (χ2n) is 7.11. The molecule has 2 aromatic rings. The lowest BCUT2D eigenvalue weighted by atomic mass is 10.0. The molecule has 9 heteroatoms. The molecule has 0 spiro atoms. The zero-order valence-corrected chi connectivity index (χ0v) is 16.5. The molecule has 1 aromatic heterocycles. The summed E-state index contributed by atoms with van der Waals surface area (Å²) >= 11 is 0. The summed E-state index contributed by atoms with van der Waals surface area (Å²) in [5, 5.41) is 7.76. The van der Waals surface area contributed by atoms with Crippen LogP contribution in [0.25, 0.3) is 0 Å². The lowest BCUT2D eigenvalue weighted by Crippen LogP contribution is -2.30. The number of anilines is 1. The Labute approximate surface area is 159 Å². The largest absolute Gasteiger partial charge is 0.424 e. The minimum absolute atomic E-state index is 0.0625. The topological polar surface area (TPSA) is 105 Å². The van der Waals surface area contributed by atoms with E-state index < -0.39 is 16.1 Å². The smallest absolute Gasteiger partial charge is 0.241 e. The van der Waals surface area contributed by atoms with Crippen molar-refractivity contribution >= 4 is 21.6 Å². The Kier molecular flexibility index (Phi) is 5.61. The zero-order chi connectivity index (χ0) is 19.6. The fraction of sp³-hybridized carbons (Fsp3) is 0.500. The van der Waals surface area contributed by atoms with E-state index in [1.165, 1.54) is 12.1 Å². The van der Waals surface area contributed by atoms with Gasteiger partial charge in [0.1, 0.15) is 6.04 Å². The van der Waals surface area contributed by atoms with Crippen LogP contribution in [0.4, 0.5) is 5.69 Å². The predicted molar refractivity (Wildman–Crippen MR) is 99.6 cm³/mol. The highest BCUT2D eigenvalue weighted by molar-refractivity contribution is 7.89. The molecule has 0 radical (unpaired) electrons. The number of hydrogen-bond donors (Lipinski definition) is 1. The number of hydrogen-bond acceptors (Lipinski definition) is 6. The van der Waals surface area contributed by atoms with Crippen molar-refractivity contribution in [2.24, 2.45) is 5.92 Å². The monoisotopic (exact) mass is 392 g/mol. The van der Waals surface area contributed by atoms with Crippen LogP contribution < -0.4 is 9.62 Å². The van der Waals surface area contributed by atoms with Crippen LogP contribution in [-0.4, -0.2) is 31.1 Å². The van der Waals surface area contributed by atoms with E-state index in [0.29, 0.717) is 31.0 Å². The van der Waals surface area contributed by atoms with Crippen LogP contribution >= 0.6 is 0 Å². The van der Waals surface area contributed by atoms with Gasteiger partial charge in [-0.1, -0.05) is 13.8 Å². The van der Waals surface area contributed by atoms with E-state index in [1.807, 2.05) is 13.8 Å². The molecule has 146 valence electrons. The molecule has 0 aliphatic carbocycles. The average Bonchev–Trinajstić information content (AvgIpc) is 3.22. The lowest BCUT2D eigenvalue weighted by molar-refractivity contribution is -0.117. The van der Waals surface area contributed by atoms with Gasteiger partial charge in [0, 0.05) is 25.6 Å². The number of amides is 1. The second-order valence-corrected chi connectivity index (χ2v) is 8.82. The highest BCUT2D eigenvalue weighted by Gasteiger charge is 2.27. The Balaban J connectivity index is 1.80. The third-order valence-corrected chi connectivity index (χ3v) is 5.86. The van der Waals surface area contributed by atoms with Gasteiger partial charge in [-0.15, -0.1) is 10.2 Å². The summed E-state index contributed by atoms with van der Waals surface area (Å²) in [6.07, 6.45) is 1.88. The molecule has 1 unspecified atom stereocenters. The van der Waals surface area contributed by atoms with Crippen molar-refractivity contribution in [1.29, 1.82) is 0 Å². The van der Waals surface area contributed by atoms with E-state index >= 15 is 0 Å². The van der Waals surface area contributed by atoms with E-state index in [-0.39, 0.29) is 22.6 Å². The van der Waals surface area contributed by atoms with E-state index in [4.69, 9.17) is 4.42 Å². The number of aromatic nitrogens is 2. The van der Waals surface area contributed by atoms with Crippen molar-refractivity contribution in [1.82, 2.24) is 14.9 Å². The summed E-state index contributed by atoms with van der Waals surface area (Å²) in [5.74, 6) is 0.933. The van der Waals surface area contributed by atoms with Crippen LogP contribution in [0, 0.1) is 12.8 Å². The van der Waals surface area contributed by atoms with Crippen molar-refractivity contribution in [3.05, 3.63) is 36.0 Å². The van der Waals surface area contributed by atoms with Crippen molar-refractivity contribution in [2.45, 2.75) is 51.0 Å². The maximum atomic E-state index is 12.8. The first-order valence-corrected chi connectivity index (χ1v) is 10.5. The van der Waals surface area contributed by atoms with Crippen LogP contribution in [0.1, 0.15) is 50.9 Å². The Morgan fingerprint density at radius 1 is 1.22 bits per heavy atom. The summed E-state index contributed by atoms with van der Waals surface area (Å²) in [7, 11) is -3.78. The predicted octanol–water partition coefficient (Wildman–Crippen LogP) is 2.57. The van der Waals surface area contributed by atoms with Gasteiger partial charge in [-0.25, -0.2) is 8.42 Å². The van der Waals surface area contributed by atoms with E-state index in [1.54, 1.807) is 24.0 Å². The minimum atomic E-state index is -3.78. The van der Waals surface area contributed by atoms with Gasteiger partial charge in [0.15, 0.2) is 0 Å². The molecule has 1 fully saturated rings. The molecular formula is C18H24N4O4S. The van der Waals surface area contributed by atoms with Crippen LogP contribution in [0.3, 0.4) is 0 Å². The third-order valence-electron chi connectivity index (χ3n) is 4.38. The minimum Gasteiger partial charge on any atom is -0.424 e. The molecule has 1 amide bonds. The lowest BCUT2D eigenvalue weighted by Gasteiger charge is -2.18. The zero-order valence-electron chi connectivity index (χ0n) is 15.7. The van der Waals surface area contributed by atoms with Crippen molar-refractivity contribution < 1.29 is 17.6 Å². The summed E-state index contributed by atoms with van der Waals surface area (Å²) in [4.78, 5) is 13.6. The third kappa shape index (κ3) is 4.54. The molecule has 1 atom stereocenters. The van der Waals surface area contributed by atoms with Gasteiger partial charge in [0.05, 0.1) is 4.90 Å². The first-order valence-electron chi connectivity index (χ1n) is 8.99. The van der Waals surface area contributed by atoms with Crippen LogP contribution in [0.15, 0.2) is 33.6 Å². The Hall–Kier alpha value is -2.26. The van der Waals surface area contributed by atoms with Gasteiger partial charge < -0.3 is 9.32 Å². The number of rotatable bonds is 7. The number of benzene rings is 1. The van der Waals surface area contributed by atoms with Crippen molar-refractivity contribution in [2.75, 3.05) is 11.4 Å². The van der Waals surface area contributed by atoms with Crippen molar-refractivity contribution in [3.8, 4) is 0 Å². The summed E-state index contributed by atoms with van der Waals surface area (Å²) in [6, 6.07) is 5.73. The van der Waals surface area contributed by atoms with Gasteiger partial charge in [0.2, 0.25) is 27.7 Å². The van der Waals surface area contributed by atoms with Crippen LogP contribution in [-0.2, 0) is 14.8 Å². The molecule has 1 aliphatic heterocycles. The molecular weight excluding hydrogens is 368 g/mol. The van der Waals surface area contributed by atoms with Gasteiger partial charge >= 0.3 is 0 Å². The molecule has 1 N–H and O–H groups in total. The molecule has 8 nitrogen and oxygen atoms in total. The number of nitrogens with zero attached hydrogens (tertiary/aromatic N) is 3. The SMILES string of the molecule is Cc1nnc(C(CC(C)C)NS(=O)(=O)c2ccc(N3CCCC3=O)cc2)o1. The van der Waals surface area contributed by atoms with Gasteiger partial charge in [0.25, 0.3) is 0 Å². The first-order chi connectivity index (χ1) is 12.8. The maximum absolute atomic E-state index is 12.8. The summed E-state index contributed by atoms with van der Waals surface area (Å²) in [6.45, 7) is 6.31. The maximum Gasteiger partial charge on any atom is 0.241 e. The molecule has 2 heterocycles. The summed E-state index contributed by atoms with van der Waals surface area (Å²) < 4.78 is 33.7. The van der Waals surface area contributed by atoms with Crippen LogP contribution in [0.2, 0.25) is 0 Å². The molecule has 0 bridgehead atoms. The fourth-order valence-corrected chi connectivity index (χ4v) is 4.31. The quantitative estimate of drug-likeness (QED) is 0.776. The number of sulfonamides is 1. The van der Waals surface area contributed by atoms with E-state index in [2.05, 4.69) is 14.9 Å². The van der Waals surface area contributed by atoms with Crippen molar-refractivity contribution in [3.63, 3.8) is 0 Å². The van der Waals surface area contributed by atoms with Gasteiger partial charge in [-0.05, 0) is 43.0 Å². The highest BCUT2D eigenvalue weighted by Crippen LogP contribution is 2.26. The van der Waals surface area contributed by atoms with E-state index in [0.717, 1.165) is 6.42 Å². The Bertz CT molecular complexity index is 906. The molecule has 1 aromatic carbocycles. The van der Waals surface area contributed by atoms with E-state index in [9.17, 15) is 13.2 Å². The number of carbonyl (C=O) groups is 1. The average molecular weight is 392 g/mol. The Morgan fingerprint density at radius 3 is 2.44 bits per heavy atom. The van der Waals surface area contributed by atoms with Gasteiger partial charge in [-0.3, -0.25) is 4.79 Å². The summed E-state index contributed by atoms with van der Waals surface area (Å²) in [5.41, 5.74) is 0.711. The molecule has 3 rings (SSSR count). The first kappa shape index (κ1) is 19.5. The fourth-order valence-electron chi connectivity index (χ4n) is 3.11. The van der Waals surface area contributed by atoms with Gasteiger partial charge in [-0.2, -0.15) is 4.72 Å². The number of nitrogens with one attached hydrogen (secondary N) is 1.